The molecule has 0 aliphatic heterocycles. The Balaban J connectivity index is 2.05. The number of rotatable bonds is 5. The number of fused-ring (bicyclic) bond motifs is 1. The summed E-state index contributed by atoms with van der Waals surface area (Å²) in [6.07, 6.45) is 2.88. The van der Waals surface area contributed by atoms with Crippen LogP contribution in [0.5, 0.6) is 0 Å². The first-order valence-corrected chi connectivity index (χ1v) is 7.89. The van der Waals surface area contributed by atoms with Crippen molar-refractivity contribution in [3.05, 3.63) is 52.5 Å². The number of nitrogens with one attached hydrogen (secondary N) is 1. The molecule has 0 radical (unpaired) electrons. The fourth-order valence-corrected chi connectivity index (χ4v) is 2.96. The Kier molecular flexibility index (Phi) is 4.12. The molecule has 4 nitrogen and oxygen atoms in total. The van der Waals surface area contributed by atoms with E-state index in [1.54, 1.807) is 0 Å². The van der Waals surface area contributed by atoms with Crippen molar-refractivity contribution in [2.24, 2.45) is 7.05 Å². The fourth-order valence-electron chi connectivity index (χ4n) is 2.50. The van der Waals surface area contributed by atoms with Gasteiger partial charge in [0.1, 0.15) is 17.4 Å². The quantitative estimate of drug-likeness (QED) is 0.757. The van der Waals surface area contributed by atoms with Crippen LogP contribution in [0.25, 0.3) is 11.0 Å². The highest BCUT2D eigenvalue weighted by Crippen LogP contribution is 2.32. The Morgan fingerprint density at radius 1 is 1.38 bits per heavy atom. The Labute approximate surface area is 132 Å². The first kappa shape index (κ1) is 14.4. The van der Waals surface area contributed by atoms with Gasteiger partial charge in [0.25, 0.3) is 0 Å². The molecule has 0 fully saturated rings. The van der Waals surface area contributed by atoms with Crippen LogP contribution in [0.15, 0.2) is 45.4 Å². The molecule has 0 saturated heterocycles. The Hall–Kier alpha value is -1.59. The van der Waals surface area contributed by atoms with Gasteiger partial charge in [-0.2, -0.15) is 5.10 Å². The van der Waals surface area contributed by atoms with E-state index in [9.17, 15) is 0 Å². The Morgan fingerprint density at radius 2 is 2.24 bits per heavy atom. The number of nitrogens with zero attached hydrogens (tertiary/aromatic N) is 2. The van der Waals surface area contributed by atoms with E-state index in [0.717, 1.165) is 39.9 Å². The summed E-state index contributed by atoms with van der Waals surface area (Å²) in [6, 6.07) is 10.2. The van der Waals surface area contributed by atoms with Crippen molar-refractivity contribution in [3.63, 3.8) is 0 Å². The van der Waals surface area contributed by atoms with Crippen LogP contribution in [0.4, 0.5) is 0 Å². The maximum absolute atomic E-state index is 6.09. The van der Waals surface area contributed by atoms with Gasteiger partial charge in [0.2, 0.25) is 0 Å². The van der Waals surface area contributed by atoms with Crippen LogP contribution < -0.4 is 5.32 Å². The van der Waals surface area contributed by atoms with Gasteiger partial charge in [-0.3, -0.25) is 4.68 Å². The SMILES string of the molecule is CCCNC(c1cc2cccc(Br)c2o1)c1ccnn1C. The first-order chi connectivity index (χ1) is 10.2. The number of halogens is 1. The summed E-state index contributed by atoms with van der Waals surface area (Å²) in [5.74, 6) is 0.911. The summed E-state index contributed by atoms with van der Waals surface area (Å²) < 4.78 is 8.95. The van der Waals surface area contributed by atoms with Crippen LogP contribution in [0.1, 0.15) is 30.8 Å². The van der Waals surface area contributed by atoms with Crippen molar-refractivity contribution in [1.82, 2.24) is 15.1 Å². The second-order valence-corrected chi connectivity index (χ2v) is 5.93. The minimum atomic E-state index is 0.0109. The highest BCUT2D eigenvalue weighted by Gasteiger charge is 2.21. The molecule has 0 bridgehead atoms. The molecule has 2 aromatic heterocycles. The largest absolute Gasteiger partial charge is 0.458 e. The number of benzene rings is 1. The zero-order chi connectivity index (χ0) is 14.8. The third-order valence-corrected chi connectivity index (χ3v) is 4.18. The van der Waals surface area contributed by atoms with Gasteiger partial charge >= 0.3 is 0 Å². The van der Waals surface area contributed by atoms with Crippen LogP contribution in [0.3, 0.4) is 0 Å². The normalized spacial score (nSPS) is 12.9. The van der Waals surface area contributed by atoms with Gasteiger partial charge in [0, 0.05) is 18.6 Å². The van der Waals surface area contributed by atoms with Gasteiger partial charge in [-0.25, -0.2) is 0 Å². The number of aromatic nitrogens is 2. The molecule has 3 aromatic rings. The highest BCUT2D eigenvalue weighted by atomic mass is 79.9. The first-order valence-electron chi connectivity index (χ1n) is 7.10. The molecule has 0 aliphatic carbocycles. The van der Waals surface area contributed by atoms with Crippen LogP contribution in [0, 0.1) is 0 Å². The third-order valence-electron chi connectivity index (χ3n) is 3.55. The lowest BCUT2D eigenvalue weighted by Gasteiger charge is -2.16. The lowest BCUT2D eigenvalue weighted by atomic mass is 10.1. The molecule has 0 aliphatic rings. The van der Waals surface area contributed by atoms with Gasteiger partial charge in [-0.15, -0.1) is 0 Å². The van der Waals surface area contributed by atoms with Crippen molar-refractivity contribution in [2.75, 3.05) is 6.54 Å². The van der Waals surface area contributed by atoms with Crippen LogP contribution in [-0.4, -0.2) is 16.3 Å². The van der Waals surface area contributed by atoms with Crippen LogP contribution in [-0.2, 0) is 7.05 Å². The molecule has 110 valence electrons. The maximum atomic E-state index is 6.09. The minimum Gasteiger partial charge on any atom is -0.458 e. The molecule has 5 heteroatoms. The molecule has 0 amide bonds. The molecule has 1 atom stereocenters. The summed E-state index contributed by atoms with van der Waals surface area (Å²) in [5.41, 5.74) is 1.98. The number of furan rings is 1. The van der Waals surface area contributed by atoms with E-state index in [2.05, 4.69) is 45.4 Å². The number of aryl methyl sites for hydroxylation is 1. The van der Waals surface area contributed by atoms with E-state index in [1.807, 2.05) is 36.1 Å². The van der Waals surface area contributed by atoms with Crippen molar-refractivity contribution in [2.45, 2.75) is 19.4 Å². The zero-order valence-electron chi connectivity index (χ0n) is 12.1. The van der Waals surface area contributed by atoms with Crippen molar-refractivity contribution < 1.29 is 4.42 Å². The Bertz CT molecular complexity index is 747. The Morgan fingerprint density at radius 3 is 2.90 bits per heavy atom. The van der Waals surface area contributed by atoms with Gasteiger partial charge in [0.15, 0.2) is 0 Å². The molecular formula is C16H18BrN3O. The molecule has 0 saturated carbocycles. The predicted octanol–water partition coefficient (Wildman–Crippen LogP) is 4.02. The number of hydrogen-bond donors (Lipinski definition) is 1. The van der Waals surface area contributed by atoms with Crippen molar-refractivity contribution in [1.29, 1.82) is 0 Å². The second-order valence-electron chi connectivity index (χ2n) is 5.07. The van der Waals surface area contributed by atoms with Gasteiger partial charge < -0.3 is 9.73 Å². The van der Waals surface area contributed by atoms with E-state index >= 15 is 0 Å². The number of hydrogen-bond acceptors (Lipinski definition) is 3. The number of para-hydroxylation sites is 1. The van der Waals surface area contributed by atoms with E-state index in [1.165, 1.54) is 0 Å². The van der Waals surface area contributed by atoms with Crippen molar-refractivity contribution in [3.8, 4) is 0 Å². The molecule has 1 unspecified atom stereocenters. The second kappa shape index (κ2) is 6.03. The summed E-state index contributed by atoms with van der Waals surface area (Å²) in [4.78, 5) is 0. The average Bonchev–Trinajstić information content (AvgIpc) is 3.07. The summed E-state index contributed by atoms with van der Waals surface area (Å²) in [7, 11) is 1.95. The standard InChI is InChI=1S/C16H18BrN3O/c1-3-8-18-15(13-7-9-19-20(13)2)14-10-11-5-4-6-12(17)16(11)21-14/h4-7,9-10,15,18H,3,8H2,1-2H3. The molecule has 2 heterocycles. The van der Waals surface area contributed by atoms with E-state index in [4.69, 9.17) is 4.42 Å². The lowest BCUT2D eigenvalue weighted by Crippen LogP contribution is -2.24. The van der Waals surface area contributed by atoms with E-state index < -0.39 is 0 Å². The molecule has 0 spiro atoms. The zero-order valence-corrected chi connectivity index (χ0v) is 13.7. The average molecular weight is 348 g/mol. The summed E-state index contributed by atoms with van der Waals surface area (Å²) >= 11 is 3.54. The monoisotopic (exact) mass is 347 g/mol. The third kappa shape index (κ3) is 2.76. The van der Waals surface area contributed by atoms with E-state index in [-0.39, 0.29) is 6.04 Å². The van der Waals surface area contributed by atoms with Crippen molar-refractivity contribution >= 4 is 26.9 Å². The molecule has 21 heavy (non-hydrogen) atoms. The summed E-state index contributed by atoms with van der Waals surface area (Å²) in [5, 5.41) is 8.91. The van der Waals surface area contributed by atoms with Gasteiger partial charge in [-0.05, 0) is 47.1 Å². The topological polar surface area (TPSA) is 43.0 Å². The molecular weight excluding hydrogens is 330 g/mol. The lowest BCUT2D eigenvalue weighted by molar-refractivity contribution is 0.451. The minimum absolute atomic E-state index is 0.0109. The molecule has 3 rings (SSSR count). The van der Waals surface area contributed by atoms with E-state index in [0.29, 0.717) is 0 Å². The van der Waals surface area contributed by atoms with Crippen LogP contribution >= 0.6 is 15.9 Å². The smallest absolute Gasteiger partial charge is 0.148 e. The van der Waals surface area contributed by atoms with Gasteiger partial charge in [0.05, 0.1) is 10.2 Å². The summed E-state index contributed by atoms with van der Waals surface area (Å²) in [6.45, 7) is 3.08. The maximum Gasteiger partial charge on any atom is 0.148 e. The highest BCUT2D eigenvalue weighted by molar-refractivity contribution is 9.10. The molecule has 1 aromatic carbocycles. The van der Waals surface area contributed by atoms with Gasteiger partial charge in [-0.1, -0.05) is 19.1 Å². The van der Waals surface area contributed by atoms with Crippen LogP contribution in [0.2, 0.25) is 0 Å². The predicted molar refractivity (Wildman–Crippen MR) is 87.3 cm³/mol. The fraction of sp³-hybridized carbons (Fsp3) is 0.312. The molecule has 1 N–H and O–H groups in total.